The van der Waals surface area contributed by atoms with Gasteiger partial charge in [-0.2, -0.15) is 0 Å². The standard InChI is InChI=1S/C17H14N2/c1-3-8-13(4-2)17-16-11-7-12-19(16)15-10-6-5-9-14(15)18-17/h3-12H,1-2H2/b13-8+. The molecule has 0 fully saturated rings. The largest absolute Gasteiger partial charge is 0.313 e. The third kappa shape index (κ3) is 1.78. The van der Waals surface area contributed by atoms with Crippen LogP contribution >= 0.6 is 0 Å². The average molecular weight is 246 g/mol. The molecule has 1 aromatic carbocycles. The van der Waals surface area contributed by atoms with E-state index in [9.17, 15) is 0 Å². The van der Waals surface area contributed by atoms with E-state index in [4.69, 9.17) is 4.98 Å². The van der Waals surface area contributed by atoms with E-state index in [1.54, 1.807) is 6.08 Å². The highest BCUT2D eigenvalue weighted by atomic mass is 14.9. The van der Waals surface area contributed by atoms with E-state index < -0.39 is 0 Å². The third-order valence-electron chi connectivity index (χ3n) is 3.16. The SMILES string of the molecule is C=C/C=C(\C=C)c1nc2ccccc2n2cccc12. The summed E-state index contributed by atoms with van der Waals surface area (Å²) in [5, 5.41) is 0. The quantitative estimate of drug-likeness (QED) is 0.632. The van der Waals surface area contributed by atoms with Gasteiger partial charge in [0.25, 0.3) is 0 Å². The van der Waals surface area contributed by atoms with Gasteiger partial charge in [0.05, 0.1) is 22.2 Å². The van der Waals surface area contributed by atoms with Gasteiger partial charge in [0.1, 0.15) is 0 Å². The fraction of sp³-hybridized carbons (Fsp3) is 0. The minimum absolute atomic E-state index is 0.929. The smallest absolute Gasteiger partial charge is 0.0950 e. The maximum absolute atomic E-state index is 4.76. The molecule has 0 aliphatic heterocycles. The van der Waals surface area contributed by atoms with E-state index in [0.717, 1.165) is 27.8 Å². The summed E-state index contributed by atoms with van der Waals surface area (Å²) >= 11 is 0. The van der Waals surface area contributed by atoms with Gasteiger partial charge < -0.3 is 4.40 Å². The van der Waals surface area contributed by atoms with Gasteiger partial charge in [-0.1, -0.05) is 43.5 Å². The highest BCUT2D eigenvalue weighted by molar-refractivity contribution is 5.88. The summed E-state index contributed by atoms with van der Waals surface area (Å²) < 4.78 is 2.15. The zero-order valence-corrected chi connectivity index (χ0v) is 10.6. The molecule has 2 aromatic heterocycles. The molecule has 0 spiro atoms. The number of allylic oxidation sites excluding steroid dienone is 4. The number of fused-ring (bicyclic) bond motifs is 3. The van der Waals surface area contributed by atoms with Crippen molar-refractivity contribution < 1.29 is 0 Å². The summed E-state index contributed by atoms with van der Waals surface area (Å²) in [7, 11) is 0. The van der Waals surface area contributed by atoms with Crippen LogP contribution in [0.1, 0.15) is 5.69 Å². The number of aromatic nitrogens is 2. The Hall–Kier alpha value is -2.61. The first-order chi connectivity index (χ1) is 9.35. The van der Waals surface area contributed by atoms with Crippen molar-refractivity contribution in [3.63, 3.8) is 0 Å². The molecule has 92 valence electrons. The summed E-state index contributed by atoms with van der Waals surface area (Å²) in [5.74, 6) is 0. The van der Waals surface area contributed by atoms with Crippen molar-refractivity contribution in [3.05, 3.63) is 79.7 Å². The number of nitrogens with zero attached hydrogens (tertiary/aromatic N) is 2. The van der Waals surface area contributed by atoms with Gasteiger partial charge in [-0.05, 0) is 24.3 Å². The fourth-order valence-electron chi connectivity index (χ4n) is 2.31. The zero-order valence-electron chi connectivity index (χ0n) is 10.6. The van der Waals surface area contributed by atoms with Crippen molar-refractivity contribution in [2.45, 2.75) is 0 Å². The van der Waals surface area contributed by atoms with Gasteiger partial charge in [0, 0.05) is 11.8 Å². The van der Waals surface area contributed by atoms with Crippen LogP contribution in [0, 0.1) is 0 Å². The van der Waals surface area contributed by atoms with Crippen molar-refractivity contribution in [1.29, 1.82) is 0 Å². The molecular formula is C17H14N2. The second-order valence-electron chi connectivity index (χ2n) is 4.27. The van der Waals surface area contributed by atoms with Gasteiger partial charge >= 0.3 is 0 Å². The van der Waals surface area contributed by atoms with Gasteiger partial charge in [-0.3, -0.25) is 0 Å². The normalized spacial score (nSPS) is 11.9. The summed E-state index contributed by atoms with van der Waals surface area (Å²) in [4.78, 5) is 4.76. The van der Waals surface area contributed by atoms with Crippen LogP contribution in [-0.4, -0.2) is 9.38 Å². The number of benzene rings is 1. The fourth-order valence-corrected chi connectivity index (χ4v) is 2.31. The molecule has 0 aliphatic carbocycles. The van der Waals surface area contributed by atoms with Crippen LogP contribution in [0.2, 0.25) is 0 Å². The molecular weight excluding hydrogens is 232 g/mol. The Morgan fingerprint density at radius 3 is 2.63 bits per heavy atom. The van der Waals surface area contributed by atoms with Crippen LogP contribution in [-0.2, 0) is 0 Å². The molecule has 2 heteroatoms. The Balaban J connectivity index is 2.45. The number of hydrogen-bond acceptors (Lipinski definition) is 1. The van der Waals surface area contributed by atoms with E-state index in [1.807, 2.05) is 36.4 Å². The molecule has 0 aliphatic rings. The molecule has 19 heavy (non-hydrogen) atoms. The Kier molecular flexibility index (Phi) is 2.76. The molecule has 0 atom stereocenters. The van der Waals surface area contributed by atoms with Crippen LogP contribution < -0.4 is 0 Å². The van der Waals surface area contributed by atoms with E-state index >= 15 is 0 Å². The molecule has 0 bridgehead atoms. The number of para-hydroxylation sites is 2. The highest BCUT2D eigenvalue weighted by Crippen LogP contribution is 2.24. The van der Waals surface area contributed by atoms with Crippen LogP contribution in [0.25, 0.3) is 22.1 Å². The Morgan fingerprint density at radius 2 is 1.84 bits per heavy atom. The first-order valence-electron chi connectivity index (χ1n) is 6.16. The maximum atomic E-state index is 4.76. The monoisotopic (exact) mass is 246 g/mol. The van der Waals surface area contributed by atoms with Crippen molar-refractivity contribution >= 4 is 22.1 Å². The minimum Gasteiger partial charge on any atom is -0.313 e. The van der Waals surface area contributed by atoms with Crippen LogP contribution in [0.15, 0.2) is 74.0 Å². The van der Waals surface area contributed by atoms with E-state index in [0.29, 0.717) is 0 Å². The lowest BCUT2D eigenvalue weighted by Gasteiger charge is -2.08. The van der Waals surface area contributed by atoms with Crippen molar-refractivity contribution in [3.8, 4) is 0 Å². The highest BCUT2D eigenvalue weighted by Gasteiger charge is 2.09. The average Bonchev–Trinajstić information content (AvgIpc) is 2.94. The lowest BCUT2D eigenvalue weighted by molar-refractivity contribution is 1.21. The first-order valence-corrected chi connectivity index (χ1v) is 6.16. The number of rotatable bonds is 3. The predicted molar refractivity (Wildman–Crippen MR) is 81.1 cm³/mol. The second-order valence-corrected chi connectivity index (χ2v) is 4.27. The molecule has 0 saturated carbocycles. The van der Waals surface area contributed by atoms with Crippen molar-refractivity contribution in [2.24, 2.45) is 0 Å². The molecule has 0 amide bonds. The maximum Gasteiger partial charge on any atom is 0.0950 e. The predicted octanol–water partition coefficient (Wildman–Crippen LogP) is 4.24. The Morgan fingerprint density at radius 1 is 1.05 bits per heavy atom. The van der Waals surface area contributed by atoms with E-state index in [1.165, 1.54) is 0 Å². The molecule has 0 saturated heterocycles. The third-order valence-corrected chi connectivity index (χ3v) is 3.16. The van der Waals surface area contributed by atoms with Crippen LogP contribution in [0.4, 0.5) is 0 Å². The second kappa shape index (κ2) is 4.58. The topological polar surface area (TPSA) is 17.3 Å². The van der Waals surface area contributed by atoms with Gasteiger partial charge in [0.15, 0.2) is 0 Å². The molecule has 0 N–H and O–H groups in total. The molecule has 3 aromatic rings. The first kappa shape index (κ1) is 11.5. The van der Waals surface area contributed by atoms with Gasteiger partial charge in [-0.15, -0.1) is 0 Å². The molecule has 3 rings (SSSR count). The zero-order chi connectivity index (χ0) is 13.2. The lowest BCUT2D eigenvalue weighted by Crippen LogP contribution is -1.96. The lowest BCUT2D eigenvalue weighted by atomic mass is 10.1. The van der Waals surface area contributed by atoms with Crippen LogP contribution in [0.3, 0.4) is 0 Å². The van der Waals surface area contributed by atoms with Crippen molar-refractivity contribution in [2.75, 3.05) is 0 Å². The number of hydrogen-bond donors (Lipinski definition) is 0. The van der Waals surface area contributed by atoms with Gasteiger partial charge in [-0.25, -0.2) is 4.98 Å². The molecule has 2 nitrogen and oxygen atoms in total. The Labute approximate surface area is 112 Å². The Bertz CT molecular complexity index is 806. The summed E-state index contributed by atoms with van der Waals surface area (Å²) in [6.45, 7) is 7.61. The van der Waals surface area contributed by atoms with E-state index in [-0.39, 0.29) is 0 Å². The van der Waals surface area contributed by atoms with Crippen LogP contribution in [0.5, 0.6) is 0 Å². The summed E-state index contributed by atoms with van der Waals surface area (Å²) in [5.41, 5.74) is 5.06. The van der Waals surface area contributed by atoms with E-state index in [2.05, 4.69) is 35.9 Å². The summed E-state index contributed by atoms with van der Waals surface area (Å²) in [6, 6.07) is 12.2. The molecule has 0 unspecified atom stereocenters. The molecule has 0 radical (unpaired) electrons. The van der Waals surface area contributed by atoms with Crippen molar-refractivity contribution in [1.82, 2.24) is 9.38 Å². The van der Waals surface area contributed by atoms with Gasteiger partial charge in [0.2, 0.25) is 0 Å². The molecule has 2 heterocycles. The minimum atomic E-state index is 0.929. The summed E-state index contributed by atoms with van der Waals surface area (Å²) in [6.07, 6.45) is 7.55.